The van der Waals surface area contributed by atoms with Crippen LogP contribution in [0.25, 0.3) is 29.0 Å². The largest absolute Gasteiger partial charge is 0.382 e. The molecule has 0 unspecified atom stereocenters. The lowest BCUT2D eigenvalue weighted by atomic mass is 10.2. The van der Waals surface area contributed by atoms with Crippen LogP contribution in [0.5, 0.6) is 0 Å². The van der Waals surface area contributed by atoms with Crippen molar-refractivity contribution in [3.8, 4) is 22.9 Å². The van der Waals surface area contributed by atoms with Crippen LogP contribution in [-0.2, 0) is 6.54 Å². The number of rotatable bonds is 8. The minimum Gasteiger partial charge on any atom is -0.382 e. The number of nitrogens with zero attached hydrogens (tertiary/aromatic N) is 5. The molecular weight excluding hydrogens is 481 g/mol. The SMILES string of the molecule is C=C(/C=C/c1ccccc1)Nc1cnc(-c2cc(-c3ccon3)n(Cc3ccccc3F)n2)nc1N.CC. The Bertz CT molecular complexity index is 1530. The Morgan fingerprint density at radius 3 is 2.55 bits per heavy atom. The molecular formula is C29H28FN7O. The van der Waals surface area contributed by atoms with E-state index in [1.165, 1.54) is 12.3 Å². The summed E-state index contributed by atoms with van der Waals surface area (Å²) in [5.41, 5.74) is 10.5. The minimum atomic E-state index is -0.321. The quantitative estimate of drug-likeness (QED) is 0.232. The van der Waals surface area contributed by atoms with Crippen molar-refractivity contribution in [2.45, 2.75) is 20.4 Å². The molecule has 0 saturated heterocycles. The number of nitrogen functional groups attached to an aromatic ring is 1. The molecule has 5 aromatic rings. The Labute approximate surface area is 220 Å². The Morgan fingerprint density at radius 1 is 1.08 bits per heavy atom. The maximum Gasteiger partial charge on any atom is 0.182 e. The van der Waals surface area contributed by atoms with Crippen LogP contribution in [0, 0.1) is 5.82 Å². The number of halogens is 1. The van der Waals surface area contributed by atoms with Crippen molar-refractivity contribution in [2.75, 3.05) is 11.1 Å². The van der Waals surface area contributed by atoms with E-state index in [1.54, 1.807) is 41.2 Å². The lowest BCUT2D eigenvalue weighted by molar-refractivity contribution is 0.421. The third-order valence-corrected chi connectivity index (χ3v) is 5.38. The van der Waals surface area contributed by atoms with Gasteiger partial charge in [0.25, 0.3) is 0 Å². The summed E-state index contributed by atoms with van der Waals surface area (Å²) in [4.78, 5) is 8.85. The molecule has 2 aromatic carbocycles. The molecule has 38 heavy (non-hydrogen) atoms. The van der Waals surface area contributed by atoms with E-state index in [2.05, 4.69) is 32.1 Å². The number of benzene rings is 2. The van der Waals surface area contributed by atoms with Gasteiger partial charge < -0.3 is 15.6 Å². The molecule has 0 aliphatic heterocycles. The van der Waals surface area contributed by atoms with Crippen molar-refractivity contribution in [3.05, 3.63) is 114 Å². The fraction of sp³-hybridized carbons (Fsp3) is 0.103. The van der Waals surface area contributed by atoms with E-state index in [1.807, 2.05) is 56.3 Å². The average molecular weight is 510 g/mol. The maximum atomic E-state index is 14.3. The number of hydrogen-bond acceptors (Lipinski definition) is 7. The molecule has 0 aliphatic rings. The summed E-state index contributed by atoms with van der Waals surface area (Å²) in [6, 6.07) is 19.9. The molecule has 0 saturated carbocycles. The number of nitrogens with two attached hydrogens (primary N) is 1. The standard InChI is InChI=1S/C27H22FN7O.C2H6/c1-18(11-12-19-7-3-2-4-8-19)31-24-16-30-27(32-26(24)29)23-15-25(22-13-14-36-34-22)35(33-23)17-20-9-5-6-10-21(20)28;1-2/h2-16,31H,1,17H2,(H2,29,30,32);1-2H3/b12-11+;. The van der Waals surface area contributed by atoms with Gasteiger partial charge in [-0.2, -0.15) is 5.10 Å². The molecule has 9 heteroatoms. The molecule has 0 aliphatic carbocycles. The van der Waals surface area contributed by atoms with Crippen LogP contribution in [0.2, 0.25) is 0 Å². The van der Waals surface area contributed by atoms with E-state index in [4.69, 9.17) is 10.3 Å². The van der Waals surface area contributed by atoms with Crippen molar-refractivity contribution in [1.29, 1.82) is 0 Å². The molecule has 0 spiro atoms. The number of hydrogen-bond donors (Lipinski definition) is 2. The van der Waals surface area contributed by atoms with Gasteiger partial charge in [0.2, 0.25) is 0 Å². The molecule has 0 amide bonds. The molecule has 192 valence electrons. The monoisotopic (exact) mass is 509 g/mol. The van der Waals surface area contributed by atoms with Crippen LogP contribution in [0.1, 0.15) is 25.0 Å². The summed E-state index contributed by atoms with van der Waals surface area (Å²) < 4.78 is 20.9. The number of aromatic nitrogens is 5. The highest BCUT2D eigenvalue weighted by Crippen LogP contribution is 2.27. The summed E-state index contributed by atoms with van der Waals surface area (Å²) in [6.45, 7) is 8.20. The maximum absolute atomic E-state index is 14.3. The highest BCUT2D eigenvalue weighted by Gasteiger charge is 2.17. The normalized spacial score (nSPS) is 10.7. The van der Waals surface area contributed by atoms with Gasteiger partial charge in [-0.05, 0) is 23.8 Å². The first-order valence-corrected chi connectivity index (χ1v) is 12.1. The second-order valence-electron chi connectivity index (χ2n) is 7.94. The molecule has 3 heterocycles. The van der Waals surface area contributed by atoms with E-state index < -0.39 is 0 Å². The van der Waals surface area contributed by atoms with E-state index >= 15 is 0 Å². The van der Waals surface area contributed by atoms with Gasteiger partial charge in [0, 0.05) is 17.3 Å². The van der Waals surface area contributed by atoms with Crippen LogP contribution >= 0.6 is 0 Å². The van der Waals surface area contributed by atoms with Crippen molar-refractivity contribution in [2.24, 2.45) is 0 Å². The van der Waals surface area contributed by atoms with E-state index in [-0.39, 0.29) is 18.2 Å². The van der Waals surface area contributed by atoms with Crippen molar-refractivity contribution in [3.63, 3.8) is 0 Å². The van der Waals surface area contributed by atoms with Crippen LogP contribution in [0.4, 0.5) is 15.9 Å². The van der Waals surface area contributed by atoms with Crippen molar-refractivity contribution in [1.82, 2.24) is 24.9 Å². The summed E-state index contributed by atoms with van der Waals surface area (Å²) >= 11 is 0. The van der Waals surface area contributed by atoms with E-state index in [0.29, 0.717) is 39.9 Å². The van der Waals surface area contributed by atoms with E-state index in [0.717, 1.165) is 5.56 Å². The van der Waals surface area contributed by atoms with Gasteiger partial charge in [0.05, 0.1) is 24.1 Å². The summed E-state index contributed by atoms with van der Waals surface area (Å²) in [6.07, 6.45) is 6.82. The first-order chi connectivity index (χ1) is 18.6. The Balaban J connectivity index is 0.00000164. The number of anilines is 2. The molecule has 3 N–H and O–H groups in total. The molecule has 0 bridgehead atoms. The van der Waals surface area contributed by atoms with E-state index in [9.17, 15) is 4.39 Å². The molecule has 0 fully saturated rings. The van der Waals surface area contributed by atoms with Gasteiger partial charge in [-0.15, -0.1) is 0 Å². The van der Waals surface area contributed by atoms with Crippen LogP contribution < -0.4 is 11.1 Å². The van der Waals surface area contributed by atoms with Gasteiger partial charge >= 0.3 is 0 Å². The van der Waals surface area contributed by atoms with Gasteiger partial charge in [0.1, 0.15) is 23.5 Å². The average Bonchev–Trinajstić information content (AvgIpc) is 3.62. The lowest BCUT2D eigenvalue weighted by Gasteiger charge is -2.09. The van der Waals surface area contributed by atoms with Crippen LogP contribution in [-0.4, -0.2) is 24.9 Å². The third kappa shape index (κ3) is 6.19. The van der Waals surface area contributed by atoms with Gasteiger partial charge in [-0.25, -0.2) is 14.4 Å². The predicted molar refractivity (Wildman–Crippen MR) is 148 cm³/mol. The zero-order valence-corrected chi connectivity index (χ0v) is 21.2. The second kappa shape index (κ2) is 12.3. The summed E-state index contributed by atoms with van der Waals surface area (Å²) in [5.74, 6) is 0.236. The predicted octanol–water partition coefficient (Wildman–Crippen LogP) is 6.43. The third-order valence-electron chi connectivity index (χ3n) is 5.38. The summed E-state index contributed by atoms with van der Waals surface area (Å²) in [5, 5.41) is 11.7. The first kappa shape index (κ1) is 26.0. The topological polar surface area (TPSA) is 108 Å². The fourth-order valence-corrected chi connectivity index (χ4v) is 3.58. The zero-order chi connectivity index (χ0) is 26.9. The van der Waals surface area contributed by atoms with Crippen molar-refractivity contribution < 1.29 is 8.91 Å². The number of nitrogens with one attached hydrogen (secondary N) is 1. The summed E-state index contributed by atoms with van der Waals surface area (Å²) in [7, 11) is 0. The van der Waals surface area contributed by atoms with Gasteiger partial charge in [-0.3, -0.25) is 4.68 Å². The molecule has 0 atom stereocenters. The Hall–Kier alpha value is -5.05. The van der Waals surface area contributed by atoms with Crippen LogP contribution in [0.15, 0.2) is 102 Å². The minimum absolute atomic E-state index is 0.192. The smallest absolute Gasteiger partial charge is 0.182 e. The number of allylic oxidation sites excluding steroid dienone is 1. The molecule has 3 aromatic heterocycles. The van der Waals surface area contributed by atoms with Gasteiger partial charge in [0.15, 0.2) is 11.6 Å². The lowest BCUT2D eigenvalue weighted by Crippen LogP contribution is -2.06. The fourth-order valence-electron chi connectivity index (χ4n) is 3.58. The Morgan fingerprint density at radius 2 is 1.84 bits per heavy atom. The van der Waals surface area contributed by atoms with Crippen LogP contribution in [0.3, 0.4) is 0 Å². The molecule has 8 nitrogen and oxygen atoms in total. The van der Waals surface area contributed by atoms with Crippen molar-refractivity contribution >= 4 is 17.6 Å². The first-order valence-electron chi connectivity index (χ1n) is 12.1. The molecule has 0 radical (unpaired) electrons. The molecule has 5 rings (SSSR count). The Kier molecular flexibility index (Phi) is 8.40. The highest BCUT2D eigenvalue weighted by molar-refractivity contribution is 5.69. The van der Waals surface area contributed by atoms with Gasteiger partial charge in [-0.1, -0.05) is 80.2 Å². The second-order valence-corrected chi connectivity index (χ2v) is 7.94. The zero-order valence-electron chi connectivity index (χ0n) is 21.2. The highest BCUT2D eigenvalue weighted by atomic mass is 19.1.